The quantitative estimate of drug-likeness (QED) is 0.781. The molecule has 0 bridgehead atoms. The maximum atomic E-state index is 13.4. The van der Waals surface area contributed by atoms with E-state index in [1.807, 2.05) is 18.2 Å². The zero-order valence-electron chi connectivity index (χ0n) is 12.6. The minimum Gasteiger partial charge on any atom is -0.479 e. The summed E-state index contributed by atoms with van der Waals surface area (Å²) in [5, 5.41) is 13.2. The predicted octanol–water partition coefficient (Wildman–Crippen LogP) is 2.88. The monoisotopic (exact) mass is 355 g/mol. The highest BCUT2D eigenvalue weighted by molar-refractivity contribution is 6.31. The number of hydrogen-bond acceptors (Lipinski definition) is 6. The Bertz CT molecular complexity index is 759. The van der Waals surface area contributed by atoms with Crippen molar-refractivity contribution in [2.24, 2.45) is 0 Å². The molecule has 1 aromatic carbocycles. The molecule has 1 aliphatic rings. The second kappa shape index (κ2) is 6.27. The largest absolute Gasteiger partial charge is 0.479 e. The van der Waals surface area contributed by atoms with Crippen LogP contribution >= 0.6 is 11.6 Å². The summed E-state index contributed by atoms with van der Waals surface area (Å²) in [6, 6.07) is 6.69. The summed E-state index contributed by atoms with van der Waals surface area (Å²) in [5.74, 6) is -2.52. The van der Waals surface area contributed by atoms with Crippen molar-refractivity contribution >= 4 is 28.9 Å². The first kappa shape index (κ1) is 16.5. The van der Waals surface area contributed by atoms with Crippen LogP contribution in [-0.2, 0) is 6.54 Å². The van der Waals surface area contributed by atoms with Gasteiger partial charge in [-0.3, -0.25) is 0 Å². The fraction of sp³-hybridized carbons (Fsp3) is 0.333. The Kier molecular flexibility index (Phi) is 4.31. The molecule has 128 valence electrons. The smallest absolute Gasteiger partial charge is 0.317 e. The Hall–Kier alpha value is -2.35. The summed E-state index contributed by atoms with van der Waals surface area (Å²) >= 11 is 6.08. The van der Waals surface area contributed by atoms with E-state index >= 15 is 0 Å². The topological polar surface area (TPSA) is 87.3 Å². The van der Waals surface area contributed by atoms with Crippen LogP contribution in [0, 0.1) is 0 Å². The first-order chi connectivity index (χ1) is 11.4. The maximum Gasteiger partial charge on any atom is 0.317 e. The van der Waals surface area contributed by atoms with Crippen LogP contribution in [0.3, 0.4) is 0 Å². The third-order valence-electron chi connectivity index (χ3n) is 3.79. The Morgan fingerprint density at radius 1 is 1.33 bits per heavy atom. The molecule has 6 nitrogen and oxygen atoms in total. The number of aromatic hydroxyl groups is 1. The zero-order valence-corrected chi connectivity index (χ0v) is 13.4. The maximum absolute atomic E-state index is 13.4. The molecule has 0 atom stereocenters. The molecular formula is C15H16ClF2N5O. The Balaban J connectivity index is 1.83. The van der Waals surface area contributed by atoms with Crippen molar-refractivity contribution in [1.82, 2.24) is 9.97 Å². The molecule has 0 saturated carbocycles. The average molecular weight is 356 g/mol. The third-order valence-corrected chi connectivity index (χ3v) is 4.16. The van der Waals surface area contributed by atoms with E-state index in [1.54, 1.807) is 6.07 Å². The minimum absolute atomic E-state index is 0.0985. The van der Waals surface area contributed by atoms with Gasteiger partial charge in [0.05, 0.1) is 6.54 Å². The standard InChI is InChI=1S/C15H16ClF2N5O/c16-10-4-2-1-3-9(10)7-20-12-11(19)13(22-14(24)21-12)23-6-5-15(17,18)8-23/h1-4H,5-8,19H2,(H2,20,21,22,24). The van der Waals surface area contributed by atoms with Crippen molar-refractivity contribution in [3.63, 3.8) is 0 Å². The molecule has 24 heavy (non-hydrogen) atoms. The Morgan fingerprint density at radius 3 is 2.75 bits per heavy atom. The third kappa shape index (κ3) is 3.43. The molecule has 2 aromatic rings. The van der Waals surface area contributed by atoms with Gasteiger partial charge < -0.3 is 21.1 Å². The molecule has 0 unspecified atom stereocenters. The second-order valence-corrected chi connectivity index (χ2v) is 5.99. The molecule has 1 saturated heterocycles. The van der Waals surface area contributed by atoms with Crippen LogP contribution in [-0.4, -0.2) is 34.1 Å². The molecule has 1 aliphatic heterocycles. The van der Waals surface area contributed by atoms with E-state index in [-0.39, 0.29) is 30.3 Å². The van der Waals surface area contributed by atoms with E-state index in [0.29, 0.717) is 11.6 Å². The molecule has 0 radical (unpaired) electrons. The highest BCUT2D eigenvalue weighted by atomic mass is 35.5. The number of alkyl halides is 2. The van der Waals surface area contributed by atoms with E-state index in [4.69, 9.17) is 17.3 Å². The number of nitrogens with two attached hydrogens (primary N) is 1. The van der Waals surface area contributed by atoms with Gasteiger partial charge in [-0.2, -0.15) is 9.97 Å². The van der Waals surface area contributed by atoms with Crippen molar-refractivity contribution in [2.75, 3.05) is 29.0 Å². The van der Waals surface area contributed by atoms with Crippen molar-refractivity contribution in [3.8, 4) is 6.01 Å². The molecule has 4 N–H and O–H groups in total. The van der Waals surface area contributed by atoms with E-state index < -0.39 is 18.5 Å². The summed E-state index contributed by atoms with van der Waals surface area (Å²) in [4.78, 5) is 8.98. The van der Waals surface area contributed by atoms with Crippen LogP contribution in [0.2, 0.25) is 5.02 Å². The summed E-state index contributed by atoms with van der Waals surface area (Å²) in [6.07, 6.45) is -0.278. The van der Waals surface area contributed by atoms with Crippen molar-refractivity contribution in [3.05, 3.63) is 34.9 Å². The van der Waals surface area contributed by atoms with Gasteiger partial charge in [0, 0.05) is 24.5 Å². The number of nitrogens with one attached hydrogen (secondary N) is 1. The van der Waals surface area contributed by atoms with E-state index in [2.05, 4.69) is 15.3 Å². The lowest BCUT2D eigenvalue weighted by molar-refractivity contribution is 0.0256. The van der Waals surface area contributed by atoms with Crippen LogP contribution in [0.25, 0.3) is 0 Å². The van der Waals surface area contributed by atoms with Gasteiger partial charge in [0.25, 0.3) is 5.92 Å². The molecule has 2 heterocycles. The highest BCUT2D eigenvalue weighted by Gasteiger charge is 2.39. The summed E-state index contributed by atoms with van der Waals surface area (Å²) in [7, 11) is 0. The van der Waals surface area contributed by atoms with E-state index in [0.717, 1.165) is 5.56 Å². The highest BCUT2D eigenvalue weighted by Crippen LogP contribution is 2.36. The lowest BCUT2D eigenvalue weighted by Gasteiger charge is -2.20. The van der Waals surface area contributed by atoms with Gasteiger partial charge in [0.1, 0.15) is 5.69 Å². The fourth-order valence-corrected chi connectivity index (χ4v) is 2.76. The number of halogens is 3. The Morgan fingerprint density at radius 2 is 2.08 bits per heavy atom. The summed E-state index contributed by atoms with van der Waals surface area (Å²) in [5.41, 5.74) is 6.92. The van der Waals surface area contributed by atoms with E-state index in [1.165, 1.54) is 4.90 Å². The molecule has 1 aromatic heterocycles. The molecule has 9 heteroatoms. The average Bonchev–Trinajstić information content (AvgIpc) is 2.89. The van der Waals surface area contributed by atoms with Crippen molar-refractivity contribution in [2.45, 2.75) is 18.9 Å². The lowest BCUT2D eigenvalue weighted by Crippen LogP contribution is -2.26. The van der Waals surface area contributed by atoms with E-state index in [9.17, 15) is 13.9 Å². The lowest BCUT2D eigenvalue weighted by atomic mass is 10.2. The fourth-order valence-electron chi connectivity index (χ4n) is 2.56. The number of benzene rings is 1. The predicted molar refractivity (Wildman–Crippen MR) is 88.7 cm³/mol. The number of aromatic nitrogens is 2. The van der Waals surface area contributed by atoms with Crippen LogP contribution in [0.4, 0.5) is 26.1 Å². The van der Waals surface area contributed by atoms with Gasteiger partial charge in [-0.15, -0.1) is 0 Å². The Labute approximate surface area is 142 Å². The van der Waals surface area contributed by atoms with Crippen LogP contribution in [0.5, 0.6) is 6.01 Å². The van der Waals surface area contributed by atoms with Crippen molar-refractivity contribution in [1.29, 1.82) is 0 Å². The van der Waals surface area contributed by atoms with Gasteiger partial charge in [0.15, 0.2) is 11.6 Å². The molecule has 0 spiro atoms. The number of hydrogen-bond donors (Lipinski definition) is 3. The molecule has 3 rings (SSSR count). The van der Waals surface area contributed by atoms with Crippen molar-refractivity contribution < 1.29 is 13.9 Å². The van der Waals surface area contributed by atoms with Gasteiger partial charge in [0.2, 0.25) is 0 Å². The first-order valence-electron chi connectivity index (χ1n) is 7.32. The number of nitrogen functional groups attached to an aromatic ring is 1. The summed E-state index contributed by atoms with van der Waals surface area (Å²) in [6.45, 7) is -0.0643. The van der Waals surface area contributed by atoms with Crippen LogP contribution < -0.4 is 16.0 Å². The molecular weight excluding hydrogens is 340 g/mol. The number of rotatable bonds is 4. The molecule has 0 amide bonds. The first-order valence-corrected chi connectivity index (χ1v) is 7.70. The van der Waals surface area contributed by atoms with Gasteiger partial charge in [-0.05, 0) is 11.6 Å². The van der Waals surface area contributed by atoms with Crippen LogP contribution in [0.15, 0.2) is 24.3 Å². The minimum atomic E-state index is -2.79. The van der Waals surface area contributed by atoms with Gasteiger partial charge in [-0.25, -0.2) is 8.78 Å². The van der Waals surface area contributed by atoms with Crippen LogP contribution in [0.1, 0.15) is 12.0 Å². The van der Waals surface area contributed by atoms with Gasteiger partial charge in [-0.1, -0.05) is 29.8 Å². The molecule has 0 aliphatic carbocycles. The summed E-state index contributed by atoms with van der Waals surface area (Å²) < 4.78 is 26.8. The second-order valence-electron chi connectivity index (χ2n) is 5.58. The normalized spacial score (nSPS) is 16.4. The SMILES string of the molecule is Nc1c(NCc2ccccc2Cl)nc(O)nc1N1CCC(F)(F)C1. The zero-order chi connectivity index (χ0) is 17.3. The van der Waals surface area contributed by atoms with Gasteiger partial charge >= 0.3 is 6.01 Å². The number of nitrogens with zero attached hydrogens (tertiary/aromatic N) is 3. The number of anilines is 3. The molecule has 1 fully saturated rings.